The van der Waals surface area contributed by atoms with Gasteiger partial charge in [-0.3, -0.25) is 9.69 Å². The summed E-state index contributed by atoms with van der Waals surface area (Å²) in [5.74, 6) is -0.0825. The van der Waals surface area contributed by atoms with E-state index < -0.39 is 12.0 Å². The molecule has 1 N–H and O–H groups in total. The highest BCUT2D eigenvalue weighted by Crippen LogP contribution is 2.27. The number of methoxy groups -OCH3 is 1. The maximum atomic E-state index is 11.5. The standard InChI is InChI=1S/C14H19NO3/c1-18-12-7-5-6-11(10-12)13(14(16)17)15-8-3-2-4-9-15/h5-7,10,13H,2-4,8-9H2,1H3,(H,16,17). The SMILES string of the molecule is COc1cccc(C(C(=O)O)N2CCCCC2)c1. The third kappa shape index (κ3) is 2.82. The van der Waals surface area contributed by atoms with Crippen LogP contribution in [0.1, 0.15) is 30.9 Å². The predicted octanol–water partition coefficient (Wildman–Crippen LogP) is 2.31. The van der Waals surface area contributed by atoms with Crippen molar-refractivity contribution in [2.24, 2.45) is 0 Å². The van der Waals surface area contributed by atoms with Crippen molar-refractivity contribution >= 4 is 5.97 Å². The Morgan fingerprint density at radius 2 is 2.06 bits per heavy atom. The fraction of sp³-hybridized carbons (Fsp3) is 0.500. The molecule has 1 unspecified atom stereocenters. The van der Waals surface area contributed by atoms with Gasteiger partial charge in [-0.1, -0.05) is 18.6 Å². The number of hydrogen-bond acceptors (Lipinski definition) is 3. The molecule has 0 spiro atoms. The molecule has 1 aromatic rings. The van der Waals surface area contributed by atoms with Gasteiger partial charge < -0.3 is 9.84 Å². The number of carboxylic acids is 1. The Balaban J connectivity index is 2.25. The van der Waals surface area contributed by atoms with Crippen LogP contribution in [0.15, 0.2) is 24.3 Å². The molecule has 0 aliphatic carbocycles. The van der Waals surface area contributed by atoms with Crippen molar-refractivity contribution in [3.63, 3.8) is 0 Å². The molecule has 0 radical (unpaired) electrons. The van der Waals surface area contributed by atoms with Crippen molar-refractivity contribution in [2.75, 3.05) is 20.2 Å². The number of carbonyl (C=O) groups is 1. The molecule has 2 rings (SSSR count). The van der Waals surface area contributed by atoms with E-state index in [1.165, 1.54) is 6.42 Å². The number of hydrogen-bond donors (Lipinski definition) is 1. The molecule has 1 aliphatic heterocycles. The second-order valence-corrected chi connectivity index (χ2v) is 4.61. The molecule has 0 aromatic heterocycles. The minimum atomic E-state index is -0.787. The van der Waals surface area contributed by atoms with Gasteiger partial charge in [-0.25, -0.2) is 0 Å². The molecule has 0 bridgehead atoms. The number of carboxylic acid groups (broad SMARTS) is 1. The van der Waals surface area contributed by atoms with Crippen molar-refractivity contribution < 1.29 is 14.6 Å². The number of benzene rings is 1. The molecule has 1 aliphatic rings. The monoisotopic (exact) mass is 249 g/mol. The van der Waals surface area contributed by atoms with E-state index in [4.69, 9.17) is 4.74 Å². The zero-order valence-electron chi connectivity index (χ0n) is 10.6. The van der Waals surface area contributed by atoms with Crippen LogP contribution in [-0.4, -0.2) is 36.2 Å². The van der Waals surface area contributed by atoms with Crippen molar-refractivity contribution in [3.8, 4) is 5.75 Å². The van der Waals surface area contributed by atoms with Crippen LogP contribution in [0.3, 0.4) is 0 Å². The van der Waals surface area contributed by atoms with Gasteiger partial charge in [0.1, 0.15) is 11.8 Å². The zero-order valence-corrected chi connectivity index (χ0v) is 10.6. The first-order valence-electron chi connectivity index (χ1n) is 6.33. The lowest BCUT2D eigenvalue weighted by Crippen LogP contribution is -2.37. The van der Waals surface area contributed by atoms with Crippen LogP contribution in [0.2, 0.25) is 0 Å². The number of likely N-dealkylation sites (tertiary alicyclic amines) is 1. The first kappa shape index (κ1) is 12.9. The van der Waals surface area contributed by atoms with Crippen LogP contribution in [0, 0.1) is 0 Å². The Bertz CT molecular complexity index is 413. The van der Waals surface area contributed by atoms with Crippen molar-refractivity contribution in [1.29, 1.82) is 0 Å². The molecule has 1 heterocycles. The van der Waals surface area contributed by atoms with Crippen LogP contribution in [0.4, 0.5) is 0 Å². The van der Waals surface area contributed by atoms with Gasteiger partial charge in [0, 0.05) is 0 Å². The van der Waals surface area contributed by atoms with Crippen molar-refractivity contribution in [3.05, 3.63) is 29.8 Å². The lowest BCUT2D eigenvalue weighted by molar-refractivity contribution is -0.144. The van der Waals surface area contributed by atoms with Gasteiger partial charge in [0.05, 0.1) is 7.11 Å². The van der Waals surface area contributed by atoms with Gasteiger partial charge in [-0.2, -0.15) is 0 Å². The first-order chi connectivity index (χ1) is 8.72. The summed E-state index contributed by atoms with van der Waals surface area (Å²) in [4.78, 5) is 13.6. The smallest absolute Gasteiger partial charge is 0.325 e. The molecule has 98 valence electrons. The van der Waals surface area contributed by atoms with Gasteiger partial charge in [0.2, 0.25) is 0 Å². The first-order valence-corrected chi connectivity index (χ1v) is 6.33. The maximum Gasteiger partial charge on any atom is 0.325 e. The van der Waals surface area contributed by atoms with Crippen molar-refractivity contribution in [1.82, 2.24) is 4.90 Å². The fourth-order valence-electron chi connectivity index (χ4n) is 2.50. The van der Waals surface area contributed by atoms with E-state index in [1.54, 1.807) is 7.11 Å². The van der Waals surface area contributed by atoms with Crippen molar-refractivity contribution in [2.45, 2.75) is 25.3 Å². The topological polar surface area (TPSA) is 49.8 Å². The quantitative estimate of drug-likeness (QED) is 0.889. The van der Waals surface area contributed by atoms with E-state index >= 15 is 0 Å². The van der Waals surface area contributed by atoms with Gasteiger partial charge in [0.25, 0.3) is 0 Å². The highest BCUT2D eigenvalue weighted by molar-refractivity contribution is 5.75. The lowest BCUT2D eigenvalue weighted by Gasteiger charge is -2.32. The van der Waals surface area contributed by atoms with Gasteiger partial charge in [-0.05, 0) is 43.6 Å². The van der Waals surface area contributed by atoms with Crippen LogP contribution in [-0.2, 0) is 4.79 Å². The van der Waals surface area contributed by atoms with Gasteiger partial charge >= 0.3 is 5.97 Å². The molecule has 1 saturated heterocycles. The van der Waals surface area contributed by atoms with E-state index in [9.17, 15) is 9.90 Å². The van der Waals surface area contributed by atoms with E-state index in [-0.39, 0.29) is 0 Å². The summed E-state index contributed by atoms with van der Waals surface area (Å²) in [6.45, 7) is 1.71. The Morgan fingerprint density at radius 3 is 2.67 bits per heavy atom. The summed E-state index contributed by atoms with van der Waals surface area (Å²) in [6.07, 6.45) is 3.35. The van der Waals surface area contributed by atoms with Gasteiger partial charge in [0.15, 0.2) is 0 Å². The average molecular weight is 249 g/mol. The second kappa shape index (κ2) is 5.87. The molecule has 1 aromatic carbocycles. The van der Waals surface area contributed by atoms with E-state index in [0.717, 1.165) is 31.5 Å². The summed E-state index contributed by atoms with van der Waals surface area (Å²) in [5, 5.41) is 9.46. The number of nitrogens with zero attached hydrogens (tertiary/aromatic N) is 1. The Hall–Kier alpha value is -1.55. The zero-order chi connectivity index (χ0) is 13.0. The number of rotatable bonds is 4. The van der Waals surface area contributed by atoms with Crippen LogP contribution >= 0.6 is 0 Å². The summed E-state index contributed by atoms with van der Waals surface area (Å²) in [7, 11) is 1.59. The van der Waals surface area contributed by atoms with E-state index in [2.05, 4.69) is 0 Å². The fourth-order valence-corrected chi connectivity index (χ4v) is 2.50. The molecule has 1 atom stereocenters. The van der Waals surface area contributed by atoms with Crippen LogP contribution in [0.5, 0.6) is 5.75 Å². The number of aliphatic carboxylic acids is 1. The molecule has 1 fully saturated rings. The Kier molecular flexibility index (Phi) is 4.20. The molecule has 4 heteroatoms. The highest BCUT2D eigenvalue weighted by atomic mass is 16.5. The molecular weight excluding hydrogens is 230 g/mol. The number of piperidine rings is 1. The minimum Gasteiger partial charge on any atom is -0.497 e. The Morgan fingerprint density at radius 1 is 1.33 bits per heavy atom. The molecule has 0 saturated carbocycles. The average Bonchev–Trinajstić information content (AvgIpc) is 2.40. The van der Waals surface area contributed by atoms with E-state index in [1.807, 2.05) is 29.2 Å². The molecule has 4 nitrogen and oxygen atoms in total. The summed E-state index contributed by atoms with van der Waals surface area (Å²) >= 11 is 0. The second-order valence-electron chi connectivity index (χ2n) is 4.61. The molecule has 0 amide bonds. The molecule has 18 heavy (non-hydrogen) atoms. The van der Waals surface area contributed by atoms with Crippen LogP contribution < -0.4 is 4.74 Å². The summed E-state index contributed by atoms with van der Waals surface area (Å²) in [6, 6.07) is 6.79. The lowest BCUT2D eigenvalue weighted by atomic mass is 10.0. The van der Waals surface area contributed by atoms with E-state index in [0.29, 0.717) is 5.75 Å². The normalized spacial score (nSPS) is 18.3. The summed E-state index contributed by atoms with van der Waals surface area (Å²) in [5.41, 5.74) is 0.795. The van der Waals surface area contributed by atoms with Crippen LogP contribution in [0.25, 0.3) is 0 Å². The molecular formula is C14H19NO3. The third-order valence-electron chi connectivity index (χ3n) is 3.40. The predicted molar refractivity (Wildman–Crippen MR) is 68.8 cm³/mol. The minimum absolute atomic E-state index is 0.555. The maximum absolute atomic E-state index is 11.5. The largest absolute Gasteiger partial charge is 0.497 e. The Labute approximate surface area is 107 Å². The summed E-state index contributed by atoms with van der Waals surface area (Å²) < 4.78 is 5.16. The van der Waals surface area contributed by atoms with Gasteiger partial charge in [-0.15, -0.1) is 0 Å². The third-order valence-corrected chi connectivity index (χ3v) is 3.40. The highest BCUT2D eigenvalue weighted by Gasteiger charge is 2.28. The number of ether oxygens (including phenoxy) is 1.